The molecular weight excluding hydrogens is 434 g/mol. The molecule has 180 valence electrons. The van der Waals surface area contributed by atoms with Crippen molar-refractivity contribution >= 4 is 11.8 Å². The Bertz CT molecular complexity index is 1220. The van der Waals surface area contributed by atoms with Crippen LogP contribution in [0.3, 0.4) is 0 Å². The van der Waals surface area contributed by atoms with E-state index in [4.69, 9.17) is 4.98 Å². The van der Waals surface area contributed by atoms with E-state index >= 15 is 0 Å². The smallest absolute Gasteiger partial charge is 0.253 e. The monoisotopic (exact) mass is 467 g/mol. The molecular formula is C30H33N3O2. The van der Waals surface area contributed by atoms with Crippen molar-refractivity contribution in [2.24, 2.45) is 0 Å². The lowest BCUT2D eigenvalue weighted by Crippen LogP contribution is -2.39. The Morgan fingerprint density at radius 2 is 1.80 bits per heavy atom. The Kier molecular flexibility index (Phi) is 6.94. The Morgan fingerprint density at radius 3 is 2.63 bits per heavy atom. The molecule has 5 rings (SSSR count). The minimum absolute atomic E-state index is 0.0696. The molecule has 0 aliphatic carbocycles. The van der Waals surface area contributed by atoms with Crippen molar-refractivity contribution < 1.29 is 9.59 Å². The molecule has 0 radical (unpaired) electrons. The van der Waals surface area contributed by atoms with Crippen LogP contribution in [0.5, 0.6) is 0 Å². The number of hydrogen-bond donors (Lipinski definition) is 0. The van der Waals surface area contributed by atoms with Crippen molar-refractivity contribution in [3.05, 3.63) is 100 Å². The van der Waals surface area contributed by atoms with Crippen molar-refractivity contribution in [1.82, 2.24) is 14.8 Å². The van der Waals surface area contributed by atoms with Gasteiger partial charge in [-0.15, -0.1) is 0 Å². The molecule has 0 bridgehead atoms. The lowest BCUT2D eigenvalue weighted by Gasteiger charge is -2.33. The van der Waals surface area contributed by atoms with Crippen LogP contribution in [0, 0.1) is 6.92 Å². The number of likely N-dealkylation sites (tertiary alicyclic amines) is 2. The van der Waals surface area contributed by atoms with E-state index in [1.807, 2.05) is 34.1 Å². The van der Waals surface area contributed by atoms with Crippen molar-refractivity contribution in [3.63, 3.8) is 0 Å². The molecule has 0 spiro atoms. The van der Waals surface area contributed by atoms with Crippen molar-refractivity contribution in [3.8, 4) is 0 Å². The highest BCUT2D eigenvalue weighted by molar-refractivity contribution is 5.94. The topological polar surface area (TPSA) is 53.5 Å². The van der Waals surface area contributed by atoms with Gasteiger partial charge in [0.05, 0.1) is 0 Å². The van der Waals surface area contributed by atoms with Gasteiger partial charge in [-0.25, -0.2) is 0 Å². The first-order valence-corrected chi connectivity index (χ1v) is 12.7. The summed E-state index contributed by atoms with van der Waals surface area (Å²) in [5, 5.41) is 0. The molecule has 0 unspecified atom stereocenters. The fourth-order valence-corrected chi connectivity index (χ4v) is 5.34. The second kappa shape index (κ2) is 10.4. The van der Waals surface area contributed by atoms with E-state index in [1.54, 1.807) is 0 Å². The second-order valence-electron chi connectivity index (χ2n) is 9.93. The van der Waals surface area contributed by atoms with Crippen LogP contribution in [0.1, 0.15) is 70.0 Å². The van der Waals surface area contributed by atoms with Gasteiger partial charge in [-0.3, -0.25) is 14.6 Å². The lowest BCUT2D eigenvalue weighted by atomic mass is 9.93. The van der Waals surface area contributed by atoms with Gasteiger partial charge in [0.1, 0.15) is 0 Å². The normalized spacial score (nSPS) is 18.2. The standard InChI is InChI=1S/C30H33N3O2/c1-22-7-2-8-23(17-22)19-27-12-4-13-28(31-27)26-11-5-16-33(21-26)30(35)25-10-3-9-24(18-25)20-32-15-6-14-29(32)34/h2-4,7-10,12-13,17-18,26H,5-6,11,14-16,19-21H2,1H3/t26-/m1/s1. The maximum absolute atomic E-state index is 13.4. The molecule has 3 heterocycles. The summed E-state index contributed by atoms with van der Waals surface area (Å²) >= 11 is 0. The largest absolute Gasteiger partial charge is 0.338 e. The van der Waals surface area contributed by atoms with E-state index in [2.05, 4.69) is 49.4 Å². The fraction of sp³-hybridized carbons (Fsp3) is 0.367. The first-order chi connectivity index (χ1) is 17.0. The number of pyridine rings is 1. The summed E-state index contributed by atoms with van der Waals surface area (Å²) in [5.74, 6) is 0.522. The number of benzene rings is 2. The van der Waals surface area contributed by atoms with E-state index in [0.29, 0.717) is 25.1 Å². The van der Waals surface area contributed by atoms with E-state index in [1.165, 1.54) is 11.1 Å². The van der Waals surface area contributed by atoms with Gasteiger partial charge in [0.15, 0.2) is 0 Å². The van der Waals surface area contributed by atoms with Gasteiger partial charge in [-0.1, -0.05) is 48.0 Å². The van der Waals surface area contributed by atoms with Crippen LogP contribution in [-0.4, -0.2) is 46.2 Å². The van der Waals surface area contributed by atoms with Crippen molar-refractivity contribution in [2.45, 2.75) is 51.5 Å². The number of nitrogens with zero attached hydrogens (tertiary/aromatic N) is 3. The maximum Gasteiger partial charge on any atom is 0.253 e. The molecule has 35 heavy (non-hydrogen) atoms. The number of aromatic nitrogens is 1. The SMILES string of the molecule is Cc1cccc(Cc2cccc([C@@H]3CCCN(C(=O)c4cccc(CN5CCCC5=O)c4)C3)n2)c1. The highest BCUT2D eigenvalue weighted by Crippen LogP contribution is 2.27. The maximum atomic E-state index is 13.4. The third kappa shape index (κ3) is 5.61. The van der Waals surface area contributed by atoms with Crippen LogP contribution < -0.4 is 0 Å². The zero-order chi connectivity index (χ0) is 24.2. The highest BCUT2D eigenvalue weighted by atomic mass is 16.2. The minimum atomic E-state index is 0.0696. The van der Waals surface area contributed by atoms with Gasteiger partial charge in [0.25, 0.3) is 5.91 Å². The van der Waals surface area contributed by atoms with Gasteiger partial charge < -0.3 is 9.80 Å². The molecule has 2 aliphatic heterocycles. The Morgan fingerprint density at radius 1 is 0.971 bits per heavy atom. The number of carbonyl (C=O) groups is 2. The molecule has 0 saturated carbocycles. The number of amides is 2. The van der Waals surface area contributed by atoms with Gasteiger partial charge in [-0.2, -0.15) is 0 Å². The van der Waals surface area contributed by atoms with Crippen LogP contribution in [0.2, 0.25) is 0 Å². The minimum Gasteiger partial charge on any atom is -0.338 e. The third-order valence-corrected chi connectivity index (χ3v) is 7.14. The van der Waals surface area contributed by atoms with E-state index in [-0.39, 0.29) is 17.7 Å². The van der Waals surface area contributed by atoms with Gasteiger partial charge in [-0.05, 0) is 61.6 Å². The predicted octanol–water partition coefficient (Wildman–Crippen LogP) is 5.12. The zero-order valence-corrected chi connectivity index (χ0v) is 20.5. The second-order valence-corrected chi connectivity index (χ2v) is 9.93. The molecule has 2 amide bonds. The summed E-state index contributed by atoms with van der Waals surface area (Å²) in [6.07, 6.45) is 4.39. The molecule has 1 aromatic heterocycles. The number of carbonyl (C=O) groups excluding carboxylic acids is 2. The van der Waals surface area contributed by atoms with Crippen molar-refractivity contribution in [2.75, 3.05) is 19.6 Å². The molecule has 2 saturated heterocycles. The molecule has 2 aliphatic rings. The summed E-state index contributed by atoms with van der Waals surface area (Å²) < 4.78 is 0. The Balaban J connectivity index is 1.26. The number of rotatable bonds is 6. The molecule has 2 fully saturated rings. The van der Waals surface area contributed by atoms with Crippen LogP contribution >= 0.6 is 0 Å². The number of piperidine rings is 1. The first kappa shape index (κ1) is 23.3. The van der Waals surface area contributed by atoms with Crippen LogP contribution in [0.15, 0.2) is 66.7 Å². The molecule has 5 nitrogen and oxygen atoms in total. The van der Waals surface area contributed by atoms with Gasteiger partial charge in [0, 0.05) is 61.9 Å². The molecule has 3 aromatic rings. The molecule has 0 N–H and O–H groups in total. The molecule has 1 atom stereocenters. The van der Waals surface area contributed by atoms with Crippen LogP contribution in [-0.2, 0) is 17.8 Å². The summed E-state index contributed by atoms with van der Waals surface area (Å²) in [6, 6.07) is 22.6. The summed E-state index contributed by atoms with van der Waals surface area (Å²) in [6.45, 7) is 4.96. The molecule has 2 aromatic carbocycles. The Hall–Kier alpha value is -3.47. The van der Waals surface area contributed by atoms with Gasteiger partial charge in [0.2, 0.25) is 5.91 Å². The first-order valence-electron chi connectivity index (χ1n) is 12.7. The quantitative estimate of drug-likeness (QED) is 0.505. The highest BCUT2D eigenvalue weighted by Gasteiger charge is 2.27. The summed E-state index contributed by atoms with van der Waals surface area (Å²) in [4.78, 5) is 34.2. The average molecular weight is 468 g/mol. The van der Waals surface area contributed by atoms with Crippen LogP contribution in [0.25, 0.3) is 0 Å². The van der Waals surface area contributed by atoms with E-state index < -0.39 is 0 Å². The van der Waals surface area contributed by atoms with E-state index in [9.17, 15) is 9.59 Å². The number of hydrogen-bond acceptors (Lipinski definition) is 3. The zero-order valence-electron chi connectivity index (χ0n) is 20.5. The predicted molar refractivity (Wildman–Crippen MR) is 137 cm³/mol. The fourth-order valence-electron chi connectivity index (χ4n) is 5.34. The average Bonchev–Trinajstić information content (AvgIpc) is 3.28. The van der Waals surface area contributed by atoms with Crippen molar-refractivity contribution in [1.29, 1.82) is 0 Å². The lowest BCUT2D eigenvalue weighted by molar-refractivity contribution is -0.128. The summed E-state index contributed by atoms with van der Waals surface area (Å²) in [5.41, 5.74) is 6.40. The van der Waals surface area contributed by atoms with E-state index in [0.717, 1.165) is 55.7 Å². The van der Waals surface area contributed by atoms with Gasteiger partial charge >= 0.3 is 0 Å². The molecule has 5 heteroatoms. The third-order valence-electron chi connectivity index (χ3n) is 7.14. The summed E-state index contributed by atoms with van der Waals surface area (Å²) in [7, 11) is 0. The van der Waals surface area contributed by atoms with Crippen LogP contribution in [0.4, 0.5) is 0 Å². The Labute approximate surface area is 207 Å². The number of aryl methyl sites for hydroxylation is 1.